The minimum atomic E-state index is -5.42. The average Bonchev–Trinajstić information content (AvgIpc) is 1.81. The molecule has 0 aromatic rings. The van der Waals surface area contributed by atoms with Gasteiger partial charge in [0.2, 0.25) is 0 Å². The van der Waals surface area contributed by atoms with Crippen LogP contribution in [0, 0.1) is 0 Å². The molecule has 0 radical (unpaired) electrons. The Hall–Kier alpha value is 0.350. The SMILES string of the molecule is CSSCC(F)(F)C(F)(F)F. The lowest BCUT2D eigenvalue weighted by Crippen LogP contribution is -2.38. The van der Waals surface area contributed by atoms with E-state index in [4.69, 9.17) is 0 Å². The number of hydrogen-bond acceptors (Lipinski definition) is 2. The van der Waals surface area contributed by atoms with Gasteiger partial charge in [0.15, 0.2) is 0 Å². The van der Waals surface area contributed by atoms with Crippen LogP contribution in [0.3, 0.4) is 0 Å². The number of hydrogen-bond donors (Lipinski definition) is 0. The molecule has 0 atom stereocenters. The van der Waals surface area contributed by atoms with Gasteiger partial charge in [0.1, 0.15) is 0 Å². The van der Waals surface area contributed by atoms with E-state index in [0.29, 0.717) is 10.8 Å². The summed E-state index contributed by atoms with van der Waals surface area (Å²) >= 11 is 0. The summed E-state index contributed by atoms with van der Waals surface area (Å²) in [5, 5.41) is 0. The van der Waals surface area contributed by atoms with Gasteiger partial charge < -0.3 is 0 Å². The molecule has 0 heterocycles. The zero-order chi connectivity index (χ0) is 9.12. The smallest absolute Gasteiger partial charge is 0.195 e. The third-order valence-electron chi connectivity index (χ3n) is 0.773. The van der Waals surface area contributed by atoms with Crippen molar-refractivity contribution in [2.45, 2.75) is 12.1 Å². The molecule has 0 fully saturated rings. The maximum atomic E-state index is 12.0. The van der Waals surface area contributed by atoms with E-state index in [1.165, 1.54) is 6.26 Å². The van der Waals surface area contributed by atoms with Gasteiger partial charge in [-0.25, -0.2) is 0 Å². The molecule has 0 aliphatic carbocycles. The molecule has 0 N–H and O–H groups in total. The van der Waals surface area contributed by atoms with Crippen LogP contribution in [0.25, 0.3) is 0 Å². The zero-order valence-electron chi connectivity index (χ0n) is 5.41. The molecule has 0 aromatic carbocycles. The largest absolute Gasteiger partial charge is 0.454 e. The number of rotatable bonds is 3. The van der Waals surface area contributed by atoms with Crippen LogP contribution in [0.1, 0.15) is 0 Å². The van der Waals surface area contributed by atoms with Crippen molar-refractivity contribution in [1.82, 2.24) is 0 Å². The van der Waals surface area contributed by atoms with Crippen molar-refractivity contribution < 1.29 is 22.0 Å². The summed E-state index contributed by atoms with van der Waals surface area (Å²) in [5.74, 6) is -5.79. The summed E-state index contributed by atoms with van der Waals surface area (Å²) in [7, 11) is 1.37. The summed E-state index contributed by atoms with van der Waals surface area (Å²) in [6.07, 6.45) is -3.98. The second kappa shape index (κ2) is 3.84. The summed E-state index contributed by atoms with van der Waals surface area (Å²) < 4.78 is 58.1. The minimum absolute atomic E-state index is 0.489. The average molecular weight is 212 g/mol. The number of alkyl halides is 5. The Labute approximate surface area is 68.3 Å². The standard InChI is InChI=1S/C4H5F5S2/c1-10-11-2-3(5,6)4(7,8)9/h2H2,1H3. The van der Waals surface area contributed by atoms with Crippen molar-refractivity contribution in [3.63, 3.8) is 0 Å². The van der Waals surface area contributed by atoms with Crippen LogP contribution in [-0.2, 0) is 0 Å². The topological polar surface area (TPSA) is 0 Å². The first-order valence-electron chi connectivity index (χ1n) is 2.41. The summed E-state index contributed by atoms with van der Waals surface area (Å²) in [4.78, 5) is 0. The van der Waals surface area contributed by atoms with Gasteiger partial charge in [-0.15, -0.1) is 0 Å². The van der Waals surface area contributed by atoms with Gasteiger partial charge in [-0.05, 0) is 6.26 Å². The minimum Gasteiger partial charge on any atom is -0.195 e. The van der Waals surface area contributed by atoms with Crippen LogP contribution in [0.15, 0.2) is 0 Å². The lowest BCUT2D eigenvalue weighted by atomic mass is 10.4. The van der Waals surface area contributed by atoms with Gasteiger partial charge in [-0.3, -0.25) is 0 Å². The Morgan fingerprint density at radius 2 is 1.55 bits per heavy atom. The molecule has 0 saturated carbocycles. The van der Waals surface area contributed by atoms with Gasteiger partial charge in [-0.2, -0.15) is 22.0 Å². The third-order valence-corrected chi connectivity index (χ3v) is 2.55. The molecule has 0 bridgehead atoms. The molecule has 7 heteroatoms. The van der Waals surface area contributed by atoms with Crippen molar-refractivity contribution >= 4 is 21.6 Å². The molecule has 11 heavy (non-hydrogen) atoms. The molecule has 0 aliphatic heterocycles. The first kappa shape index (κ1) is 11.4. The molecule has 0 nitrogen and oxygen atoms in total. The van der Waals surface area contributed by atoms with Crippen molar-refractivity contribution in [3.8, 4) is 0 Å². The normalized spacial score (nSPS) is 13.6. The zero-order valence-corrected chi connectivity index (χ0v) is 7.05. The van der Waals surface area contributed by atoms with Crippen molar-refractivity contribution in [3.05, 3.63) is 0 Å². The van der Waals surface area contributed by atoms with Crippen LogP contribution in [0.5, 0.6) is 0 Å². The van der Waals surface area contributed by atoms with Gasteiger partial charge in [0.05, 0.1) is 5.75 Å². The van der Waals surface area contributed by atoms with Crippen molar-refractivity contribution in [1.29, 1.82) is 0 Å². The monoisotopic (exact) mass is 212 g/mol. The third kappa shape index (κ3) is 3.50. The Morgan fingerprint density at radius 1 is 1.09 bits per heavy atom. The van der Waals surface area contributed by atoms with E-state index in [-0.39, 0.29) is 0 Å². The lowest BCUT2D eigenvalue weighted by molar-refractivity contribution is -0.270. The van der Waals surface area contributed by atoms with Gasteiger partial charge in [0.25, 0.3) is 0 Å². The van der Waals surface area contributed by atoms with E-state index in [2.05, 4.69) is 0 Å². The maximum absolute atomic E-state index is 12.0. The summed E-state index contributed by atoms with van der Waals surface area (Å²) in [5.41, 5.74) is 0. The van der Waals surface area contributed by atoms with Gasteiger partial charge in [0, 0.05) is 0 Å². The van der Waals surface area contributed by atoms with Crippen LogP contribution in [-0.4, -0.2) is 24.1 Å². The molecule has 0 rings (SSSR count). The Kier molecular flexibility index (Phi) is 3.96. The summed E-state index contributed by atoms with van der Waals surface area (Å²) in [6, 6.07) is 0. The predicted octanol–water partition coefficient (Wildman–Crippen LogP) is 3.20. The number of halogens is 5. The van der Waals surface area contributed by atoms with Crippen LogP contribution < -0.4 is 0 Å². The van der Waals surface area contributed by atoms with E-state index in [1.807, 2.05) is 0 Å². The molecular formula is C4H5F5S2. The molecule has 0 unspecified atom stereocenters. The van der Waals surface area contributed by atoms with Crippen LogP contribution >= 0.6 is 21.6 Å². The fourth-order valence-corrected chi connectivity index (χ4v) is 1.44. The Morgan fingerprint density at radius 3 is 1.82 bits per heavy atom. The van der Waals surface area contributed by atoms with Gasteiger partial charge in [-0.1, -0.05) is 21.6 Å². The fraction of sp³-hybridized carbons (Fsp3) is 1.00. The maximum Gasteiger partial charge on any atom is 0.454 e. The first-order chi connectivity index (χ1) is 4.81. The highest BCUT2D eigenvalue weighted by atomic mass is 33.1. The molecule has 0 aromatic heterocycles. The molecular weight excluding hydrogens is 207 g/mol. The van der Waals surface area contributed by atoms with E-state index >= 15 is 0 Å². The Bertz CT molecular complexity index is 120. The van der Waals surface area contributed by atoms with E-state index in [0.717, 1.165) is 10.8 Å². The van der Waals surface area contributed by atoms with E-state index < -0.39 is 17.9 Å². The molecule has 0 spiro atoms. The highest BCUT2D eigenvalue weighted by molar-refractivity contribution is 8.76. The second-order valence-corrected chi connectivity index (χ2v) is 4.20. The first-order valence-corrected chi connectivity index (χ1v) is 5.14. The fourth-order valence-electron chi connectivity index (χ4n) is 0.215. The highest BCUT2D eigenvalue weighted by Crippen LogP contribution is 2.39. The van der Waals surface area contributed by atoms with E-state index in [9.17, 15) is 22.0 Å². The second-order valence-electron chi connectivity index (χ2n) is 1.63. The molecule has 68 valence electrons. The van der Waals surface area contributed by atoms with Crippen LogP contribution in [0.2, 0.25) is 0 Å². The van der Waals surface area contributed by atoms with Crippen molar-refractivity contribution in [2.24, 2.45) is 0 Å². The Balaban J connectivity index is 4.00. The lowest BCUT2D eigenvalue weighted by Gasteiger charge is -2.17. The van der Waals surface area contributed by atoms with Gasteiger partial charge >= 0.3 is 12.1 Å². The van der Waals surface area contributed by atoms with E-state index in [1.54, 1.807) is 0 Å². The van der Waals surface area contributed by atoms with Crippen LogP contribution in [0.4, 0.5) is 22.0 Å². The predicted molar refractivity (Wildman–Crippen MR) is 37.0 cm³/mol. The molecule has 0 amide bonds. The van der Waals surface area contributed by atoms with Crippen molar-refractivity contribution in [2.75, 3.05) is 12.0 Å². The highest BCUT2D eigenvalue weighted by Gasteiger charge is 2.57. The summed E-state index contributed by atoms with van der Waals surface area (Å²) in [6.45, 7) is 0. The molecule has 0 aliphatic rings. The molecule has 0 saturated heterocycles. The quantitative estimate of drug-likeness (QED) is 0.520.